The molecule has 1 aliphatic rings. The number of anilines is 1. The predicted octanol–water partition coefficient (Wildman–Crippen LogP) is 7.30. The van der Waals surface area contributed by atoms with Crippen LogP contribution in [0, 0.1) is 11.6 Å². The number of fused-ring (bicyclic) bond motifs is 3. The molecule has 1 aliphatic heterocycles. The third-order valence-corrected chi connectivity index (χ3v) is 7.98. The van der Waals surface area contributed by atoms with Crippen LogP contribution >= 0.6 is 11.6 Å². The molecule has 2 N–H and O–H groups in total. The fourth-order valence-electron chi connectivity index (χ4n) is 5.55. The van der Waals surface area contributed by atoms with Crippen molar-refractivity contribution in [3.63, 3.8) is 0 Å². The molecule has 0 saturated heterocycles. The standard InChI is InChI=1S/C33H21ClF5N3O4/c1-46-22-7-4-17(5-8-22)16-42-31(44)28-23-3-2-10-40-26(23)15-27(29(28)32(42,45)24-14-20(35)6-9-25(24)34)41-30(43)18-11-19(33(37,38)39)13-21(36)12-18/h2-15,45H,16H2,1H3,(H,41,43). The van der Waals surface area contributed by atoms with E-state index < -0.39 is 46.5 Å². The molecule has 6 rings (SSSR count). The number of carbonyl (C=O) groups excluding carboxylic acids is 2. The zero-order chi connectivity index (χ0) is 33.0. The molecule has 7 nitrogen and oxygen atoms in total. The van der Waals surface area contributed by atoms with Crippen LogP contribution in [0.2, 0.25) is 5.02 Å². The third-order valence-electron chi connectivity index (χ3n) is 7.65. The van der Waals surface area contributed by atoms with Crippen LogP contribution in [0.5, 0.6) is 5.75 Å². The van der Waals surface area contributed by atoms with Crippen LogP contribution in [0.3, 0.4) is 0 Å². The van der Waals surface area contributed by atoms with E-state index in [2.05, 4.69) is 10.3 Å². The fourth-order valence-corrected chi connectivity index (χ4v) is 5.79. The van der Waals surface area contributed by atoms with E-state index in [0.717, 1.165) is 17.0 Å². The van der Waals surface area contributed by atoms with Crippen LogP contribution in [0.25, 0.3) is 10.9 Å². The second kappa shape index (κ2) is 11.4. The summed E-state index contributed by atoms with van der Waals surface area (Å²) in [6.45, 7) is -0.241. The van der Waals surface area contributed by atoms with Gasteiger partial charge in [-0.2, -0.15) is 13.2 Å². The molecule has 1 aromatic heterocycles. The van der Waals surface area contributed by atoms with Gasteiger partial charge in [-0.05, 0) is 66.2 Å². The molecule has 5 aromatic rings. The number of amides is 2. The summed E-state index contributed by atoms with van der Waals surface area (Å²) in [5.74, 6) is -3.51. The number of halogens is 6. The highest BCUT2D eigenvalue weighted by atomic mass is 35.5. The van der Waals surface area contributed by atoms with Gasteiger partial charge in [0, 0.05) is 39.8 Å². The van der Waals surface area contributed by atoms with Gasteiger partial charge in [0.2, 0.25) is 0 Å². The summed E-state index contributed by atoms with van der Waals surface area (Å²) in [5.41, 5.74) is -4.76. The number of aromatic nitrogens is 1. The smallest absolute Gasteiger partial charge is 0.416 e. The number of methoxy groups -OCH3 is 1. The molecule has 0 aliphatic carbocycles. The molecule has 234 valence electrons. The van der Waals surface area contributed by atoms with Gasteiger partial charge in [-0.1, -0.05) is 29.8 Å². The van der Waals surface area contributed by atoms with Crippen molar-refractivity contribution in [3.8, 4) is 5.75 Å². The molecule has 0 bridgehead atoms. The van der Waals surface area contributed by atoms with Crippen molar-refractivity contribution in [1.29, 1.82) is 0 Å². The molecule has 2 amide bonds. The number of nitrogens with one attached hydrogen (secondary N) is 1. The summed E-state index contributed by atoms with van der Waals surface area (Å²) in [4.78, 5) is 33.0. The van der Waals surface area contributed by atoms with Gasteiger partial charge in [0.1, 0.15) is 17.4 Å². The number of nitrogens with zero attached hydrogens (tertiary/aromatic N) is 2. The number of aliphatic hydroxyl groups is 1. The summed E-state index contributed by atoms with van der Waals surface area (Å²) >= 11 is 6.51. The van der Waals surface area contributed by atoms with E-state index in [9.17, 15) is 36.6 Å². The Hall–Kier alpha value is -5.07. The number of hydrogen-bond acceptors (Lipinski definition) is 5. The first kappa shape index (κ1) is 30.9. The first-order chi connectivity index (χ1) is 21.8. The van der Waals surface area contributed by atoms with Crippen LogP contribution in [0.15, 0.2) is 85.1 Å². The number of pyridine rings is 1. The molecule has 13 heteroatoms. The lowest BCUT2D eigenvalue weighted by molar-refractivity contribution is -0.137. The lowest BCUT2D eigenvalue weighted by Gasteiger charge is -2.36. The average Bonchev–Trinajstić information content (AvgIpc) is 3.25. The van der Waals surface area contributed by atoms with Gasteiger partial charge in [0.15, 0.2) is 5.72 Å². The van der Waals surface area contributed by atoms with Crippen LogP contribution in [-0.2, 0) is 18.4 Å². The van der Waals surface area contributed by atoms with Crippen LogP contribution in [0.4, 0.5) is 27.6 Å². The normalized spacial score (nSPS) is 16.1. The van der Waals surface area contributed by atoms with Crippen molar-refractivity contribution in [3.05, 3.63) is 135 Å². The van der Waals surface area contributed by atoms with Gasteiger partial charge in [0.25, 0.3) is 11.8 Å². The molecule has 1 atom stereocenters. The summed E-state index contributed by atoms with van der Waals surface area (Å²) in [6.07, 6.45) is -3.54. The number of benzene rings is 4. The molecule has 0 spiro atoms. The summed E-state index contributed by atoms with van der Waals surface area (Å²) < 4.78 is 74.5. The molecule has 0 saturated carbocycles. The first-order valence-electron chi connectivity index (χ1n) is 13.6. The van der Waals surface area contributed by atoms with Gasteiger partial charge in [-0.3, -0.25) is 19.5 Å². The Bertz CT molecular complexity index is 2040. The molecule has 0 fully saturated rings. The molecular formula is C33H21ClF5N3O4. The predicted molar refractivity (Wildman–Crippen MR) is 158 cm³/mol. The van der Waals surface area contributed by atoms with E-state index in [-0.39, 0.29) is 50.9 Å². The van der Waals surface area contributed by atoms with Gasteiger partial charge >= 0.3 is 6.18 Å². The van der Waals surface area contributed by atoms with E-state index in [1.165, 1.54) is 25.4 Å². The zero-order valence-electron chi connectivity index (χ0n) is 23.6. The van der Waals surface area contributed by atoms with E-state index in [1.54, 1.807) is 36.4 Å². The summed E-state index contributed by atoms with van der Waals surface area (Å²) in [6, 6.07) is 15.5. The monoisotopic (exact) mass is 653 g/mol. The molecule has 0 radical (unpaired) electrons. The summed E-state index contributed by atoms with van der Waals surface area (Å²) in [5, 5.41) is 15.2. The maximum atomic E-state index is 14.7. The molecular weight excluding hydrogens is 633 g/mol. The van der Waals surface area contributed by atoms with E-state index in [4.69, 9.17) is 16.3 Å². The highest BCUT2D eigenvalue weighted by Gasteiger charge is 2.53. The number of hydrogen-bond donors (Lipinski definition) is 2. The van der Waals surface area contributed by atoms with Gasteiger partial charge in [-0.15, -0.1) is 0 Å². The minimum Gasteiger partial charge on any atom is -0.497 e. The Morgan fingerprint density at radius 2 is 1.76 bits per heavy atom. The highest BCUT2D eigenvalue weighted by molar-refractivity contribution is 6.31. The van der Waals surface area contributed by atoms with Crippen LogP contribution in [-0.4, -0.2) is 33.9 Å². The SMILES string of the molecule is COc1ccc(CN2C(=O)c3c(c(NC(=O)c4cc(F)cc(C(F)(F)F)c4)cc4ncccc34)C2(O)c2cc(F)ccc2Cl)cc1. The fraction of sp³-hybridized carbons (Fsp3) is 0.121. The number of rotatable bonds is 6. The maximum Gasteiger partial charge on any atom is 0.416 e. The van der Waals surface area contributed by atoms with Crippen molar-refractivity contribution in [2.24, 2.45) is 0 Å². The number of ether oxygens (including phenoxy) is 1. The van der Waals surface area contributed by atoms with Crippen LogP contribution < -0.4 is 10.1 Å². The molecule has 4 aromatic carbocycles. The lowest BCUT2D eigenvalue weighted by Crippen LogP contribution is -2.44. The average molecular weight is 654 g/mol. The van der Waals surface area contributed by atoms with Crippen LogP contribution in [0.1, 0.15) is 43.0 Å². The molecule has 46 heavy (non-hydrogen) atoms. The minimum absolute atomic E-state index is 0.118. The van der Waals surface area contributed by atoms with Crippen molar-refractivity contribution < 1.29 is 41.4 Å². The van der Waals surface area contributed by atoms with E-state index in [0.29, 0.717) is 23.4 Å². The third kappa shape index (κ3) is 5.29. The van der Waals surface area contributed by atoms with E-state index >= 15 is 0 Å². The topological polar surface area (TPSA) is 91.8 Å². The van der Waals surface area contributed by atoms with Crippen molar-refractivity contribution >= 4 is 40.0 Å². The second-order valence-corrected chi connectivity index (χ2v) is 10.9. The quantitative estimate of drug-likeness (QED) is 0.188. The maximum absolute atomic E-state index is 14.7. The lowest BCUT2D eigenvalue weighted by atomic mass is 9.90. The van der Waals surface area contributed by atoms with Gasteiger partial charge in [-0.25, -0.2) is 8.78 Å². The van der Waals surface area contributed by atoms with Crippen molar-refractivity contribution in [2.45, 2.75) is 18.4 Å². The van der Waals surface area contributed by atoms with Crippen molar-refractivity contribution in [2.75, 3.05) is 12.4 Å². The Morgan fingerprint density at radius 3 is 2.46 bits per heavy atom. The minimum atomic E-state index is -4.95. The Labute approximate surface area is 262 Å². The Morgan fingerprint density at radius 1 is 1.02 bits per heavy atom. The first-order valence-corrected chi connectivity index (χ1v) is 13.9. The summed E-state index contributed by atoms with van der Waals surface area (Å²) in [7, 11) is 1.48. The zero-order valence-corrected chi connectivity index (χ0v) is 24.4. The number of alkyl halides is 3. The Kier molecular flexibility index (Phi) is 7.65. The highest BCUT2D eigenvalue weighted by Crippen LogP contribution is 2.50. The van der Waals surface area contributed by atoms with Crippen molar-refractivity contribution in [1.82, 2.24) is 9.88 Å². The second-order valence-electron chi connectivity index (χ2n) is 10.5. The van der Waals surface area contributed by atoms with Gasteiger partial charge in [0.05, 0.1) is 29.4 Å². The molecule has 1 unspecified atom stereocenters. The van der Waals surface area contributed by atoms with E-state index in [1.807, 2.05) is 0 Å². The largest absolute Gasteiger partial charge is 0.497 e. The molecule has 2 heterocycles. The van der Waals surface area contributed by atoms with Gasteiger partial charge < -0.3 is 15.2 Å². The number of carbonyl (C=O) groups is 2. The Balaban J connectivity index is 1.58.